The summed E-state index contributed by atoms with van der Waals surface area (Å²) in [7, 11) is 0. The van der Waals surface area contributed by atoms with E-state index < -0.39 is 23.6 Å². The summed E-state index contributed by atoms with van der Waals surface area (Å²) in [5.41, 5.74) is 1.29. The number of carboxylic acid groups (broad SMARTS) is 1. The zero-order valence-electron chi connectivity index (χ0n) is 13.5. The maximum absolute atomic E-state index is 12.6. The molecule has 0 spiro atoms. The Kier molecular flexibility index (Phi) is 5.32. The molecular weight excluding hydrogens is 317 g/mol. The standard InChI is InChI=1S/C19H19F3O2/c1-12(2)10-17(18(23)24)15-5-3-4-14(11-15)13-6-8-16(9-7-13)19(20,21)22/h3-9,11-12,17H,10H2,1-2H3,(H,23,24). The van der Waals surface area contributed by atoms with Crippen molar-refractivity contribution < 1.29 is 23.1 Å². The molecule has 2 nitrogen and oxygen atoms in total. The molecule has 0 saturated carbocycles. The zero-order valence-corrected chi connectivity index (χ0v) is 13.5. The molecule has 5 heteroatoms. The maximum Gasteiger partial charge on any atom is 0.416 e. The van der Waals surface area contributed by atoms with E-state index in [1.807, 2.05) is 13.8 Å². The normalized spacial score (nSPS) is 13.1. The van der Waals surface area contributed by atoms with Gasteiger partial charge in [0.15, 0.2) is 0 Å². The van der Waals surface area contributed by atoms with Gasteiger partial charge in [-0.15, -0.1) is 0 Å². The van der Waals surface area contributed by atoms with E-state index in [4.69, 9.17) is 0 Å². The summed E-state index contributed by atoms with van der Waals surface area (Å²) in [6, 6.07) is 11.9. The van der Waals surface area contributed by atoms with Crippen LogP contribution in [0.4, 0.5) is 13.2 Å². The molecule has 24 heavy (non-hydrogen) atoms. The topological polar surface area (TPSA) is 37.3 Å². The molecule has 0 saturated heterocycles. The predicted molar refractivity (Wildman–Crippen MR) is 86.7 cm³/mol. The van der Waals surface area contributed by atoms with Gasteiger partial charge in [0, 0.05) is 0 Å². The molecular formula is C19H19F3O2. The van der Waals surface area contributed by atoms with Crippen LogP contribution in [0.3, 0.4) is 0 Å². The Morgan fingerprint density at radius 1 is 1.04 bits per heavy atom. The van der Waals surface area contributed by atoms with Gasteiger partial charge >= 0.3 is 12.1 Å². The summed E-state index contributed by atoms with van der Waals surface area (Å²) in [5, 5.41) is 9.44. The fourth-order valence-corrected chi connectivity index (χ4v) is 2.64. The van der Waals surface area contributed by atoms with Crippen molar-refractivity contribution in [2.45, 2.75) is 32.4 Å². The third-order valence-electron chi connectivity index (χ3n) is 3.84. The highest BCUT2D eigenvalue weighted by Crippen LogP contribution is 2.32. The van der Waals surface area contributed by atoms with E-state index >= 15 is 0 Å². The SMILES string of the molecule is CC(C)CC(C(=O)O)c1cccc(-c2ccc(C(F)(F)F)cc2)c1. The molecule has 128 valence electrons. The number of hydrogen-bond acceptors (Lipinski definition) is 1. The molecule has 1 N–H and O–H groups in total. The lowest BCUT2D eigenvalue weighted by Crippen LogP contribution is -2.14. The fourth-order valence-electron chi connectivity index (χ4n) is 2.64. The first kappa shape index (κ1) is 18.0. The highest BCUT2D eigenvalue weighted by molar-refractivity contribution is 5.77. The van der Waals surface area contributed by atoms with Crippen molar-refractivity contribution >= 4 is 5.97 Å². The molecule has 0 fully saturated rings. The highest BCUT2D eigenvalue weighted by atomic mass is 19.4. The van der Waals surface area contributed by atoms with E-state index in [1.165, 1.54) is 12.1 Å². The molecule has 0 amide bonds. The van der Waals surface area contributed by atoms with Crippen molar-refractivity contribution in [1.82, 2.24) is 0 Å². The molecule has 1 unspecified atom stereocenters. The summed E-state index contributed by atoms with van der Waals surface area (Å²) in [6.07, 6.45) is -3.86. The van der Waals surface area contributed by atoms with Gasteiger partial charge in [-0.05, 0) is 41.2 Å². The van der Waals surface area contributed by atoms with E-state index in [0.29, 0.717) is 23.1 Å². The molecule has 1 atom stereocenters. The summed E-state index contributed by atoms with van der Waals surface area (Å²) in [6.45, 7) is 3.91. The molecule has 0 aliphatic carbocycles. The Balaban J connectivity index is 2.34. The van der Waals surface area contributed by atoms with E-state index in [2.05, 4.69) is 0 Å². The van der Waals surface area contributed by atoms with Crippen LogP contribution in [-0.4, -0.2) is 11.1 Å². The molecule has 2 aromatic carbocycles. The monoisotopic (exact) mass is 336 g/mol. The van der Waals surface area contributed by atoms with Gasteiger partial charge in [0.25, 0.3) is 0 Å². The first-order chi connectivity index (χ1) is 11.2. The Bertz CT molecular complexity index is 703. The number of carbonyl (C=O) groups is 1. The van der Waals surface area contributed by atoms with Crippen molar-refractivity contribution in [2.75, 3.05) is 0 Å². The average molecular weight is 336 g/mol. The highest BCUT2D eigenvalue weighted by Gasteiger charge is 2.30. The largest absolute Gasteiger partial charge is 0.481 e. The second kappa shape index (κ2) is 7.07. The lowest BCUT2D eigenvalue weighted by Gasteiger charge is -2.16. The summed E-state index contributed by atoms with van der Waals surface area (Å²) < 4.78 is 37.9. The lowest BCUT2D eigenvalue weighted by atomic mass is 9.88. The minimum atomic E-state index is -4.37. The first-order valence-corrected chi connectivity index (χ1v) is 7.69. The van der Waals surface area contributed by atoms with Gasteiger partial charge in [-0.2, -0.15) is 13.2 Å². The quantitative estimate of drug-likeness (QED) is 0.773. The molecule has 2 rings (SSSR count). The van der Waals surface area contributed by atoms with E-state index in [9.17, 15) is 23.1 Å². The van der Waals surface area contributed by atoms with Gasteiger partial charge in [0.2, 0.25) is 0 Å². The zero-order chi connectivity index (χ0) is 17.9. The van der Waals surface area contributed by atoms with Crippen LogP contribution in [-0.2, 0) is 11.0 Å². The van der Waals surface area contributed by atoms with Crippen LogP contribution in [0.25, 0.3) is 11.1 Å². The third-order valence-corrected chi connectivity index (χ3v) is 3.84. The van der Waals surface area contributed by atoms with Crippen molar-refractivity contribution in [3.05, 3.63) is 59.7 Å². The number of rotatable bonds is 5. The van der Waals surface area contributed by atoms with Gasteiger partial charge in [-0.25, -0.2) is 0 Å². The third kappa shape index (κ3) is 4.37. The van der Waals surface area contributed by atoms with Gasteiger partial charge in [-0.3, -0.25) is 4.79 Å². The van der Waals surface area contributed by atoms with E-state index in [0.717, 1.165) is 12.1 Å². The number of benzene rings is 2. The molecule has 0 radical (unpaired) electrons. The van der Waals surface area contributed by atoms with Crippen molar-refractivity contribution in [1.29, 1.82) is 0 Å². The Morgan fingerprint density at radius 3 is 2.17 bits per heavy atom. The number of alkyl halides is 3. The van der Waals surface area contributed by atoms with Crippen LogP contribution in [0.2, 0.25) is 0 Å². The number of aliphatic carboxylic acids is 1. The van der Waals surface area contributed by atoms with Crippen LogP contribution >= 0.6 is 0 Å². The van der Waals surface area contributed by atoms with Crippen molar-refractivity contribution in [2.24, 2.45) is 5.92 Å². The smallest absolute Gasteiger partial charge is 0.416 e. The number of hydrogen-bond donors (Lipinski definition) is 1. The lowest BCUT2D eigenvalue weighted by molar-refractivity contribution is -0.139. The second-order valence-electron chi connectivity index (χ2n) is 6.22. The average Bonchev–Trinajstić information content (AvgIpc) is 2.51. The van der Waals surface area contributed by atoms with Gasteiger partial charge in [0.05, 0.1) is 11.5 Å². The molecule has 0 bridgehead atoms. The molecule has 0 aromatic heterocycles. The Hall–Kier alpha value is -2.30. The van der Waals surface area contributed by atoms with Crippen molar-refractivity contribution in [3.8, 4) is 11.1 Å². The predicted octanol–water partition coefficient (Wildman–Crippen LogP) is 5.59. The second-order valence-corrected chi connectivity index (χ2v) is 6.22. The van der Waals surface area contributed by atoms with Crippen LogP contribution in [0.15, 0.2) is 48.5 Å². The van der Waals surface area contributed by atoms with Gasteiger partial charge < -0.3 is 5.11 Å². The van der Waals surface area contributed by atoms with Crippen LogP contribution in [0.5, 0.6) is 0 Å². The van der Waals surface area contributed by atoms with Crippen LogP contribution in [0, 0.1) is 5.92 Å². The maximum atomic E-state index is 12.6. The van der Waals surface area contributed by atoms with Gasteiger partial charge in [0.1, 0.15) is 0 Å². The molecule has 2 aromatic rings. The number of carboxylic acids is 1. The Labute approximate surface area is 138 Å². The number of halogens is 3. The minimum Gasteiger partial charge on any atom is -0.481 e. The van der Waals surface area contributed by atoms with Gasteiger partial charge in [-0.1, -0.05) is 50.2 Å². The first-order valence-electron chi connectivity index (χ1n) is 7.69. The fraction of sp³-hybridized carbons (Fsp3) is 0.316. The summed E-state index contributed by atoms with van der Waals surface area (Å²) >= 11 is 0. The summed E-state index contributed by atoms with van der Waals surface area (Å²) in [5.74, 6) is -1.30. The summed E-state index contributed by atoms with van der Waals surface area (Å²) in [4.78, 5) is 11.5. The Morgan fingerprint density at radius 2 is 1.67 bits per heavy atom. The van der Waals surface area contributed by atoms with Crippen LogP contribution < -0.4 is 0 Å². The van der Waals surface area contributed by atoms with E-state index in [1.54, 1.807) is 24.3 Å². The minimum absolute atomic E-state index is 0.223. The molecule has 0 heterocycles. The van der Waals surface area contributed by atoms with Crippen molar-refractivity contribution in [3.63, 3.8) is 0 Å². The van der Waals surface area contributed by atoms with E-state index in [-0.39, 0.29) is 5.92 Å². The molecule has 0 aliphatic heterocycles. The van der Waals surface area contributed by atoms with Crippen LogP contribution in [0.1, 0.15) is 37.3 Å². The molecule has 0 aliphatic rings.